The highest BCUT2D eigenvalue weighted by Crippen LogP contribution is 2.11. The van der Waals surface area contributed by atoms with E-state index in [1.54, 1.807) is 6.92 Å². The van der Waals surface area contributed by atoms with Crippen LogP contribution in [0.25, 0.3) is 6.08 Å². The van der Waals surface area contributed by atoms with E-state index in [4.69, 9.17) is 5.73 Å². The van der Waals surface area contributed by atoms with Gasteiger partial charge in [-0.2, -0.15) is 0 Å². The normalized spacial score (nSPS) is 10.5. The first-order valence-electron chi connectivity index (χ1n) is 4.39. The molecule has 1 aromatic rings. The van der Waals surface area contributed by atoms with Gasteiger partial charge in [0.2, 0.25) is 0 Å². The highest BCUT2D eigenvalue weighted by molar-refractivity contribution is 5.87. The van der Waals surface area contributed by atoms with Crippen molar-refractivity contribution in [2.24, 2.45) is 0 Å². The maximum atomic E-state index is 12.8. The molecule has 0 radical (unpaired) electrons. The number of ether oxygens (including phenoxy) is 1. The number of hydrogen-bond acceptors (Lipinski definition) is 4. The molecule has 0 bridgehead atoms. The Bertz CT molecular complexity index is 391. The number of hydrogen-bond donors (Lipinski definition) is 1. The predicted molar refractivity (Wildman–Crippen MR) is 54.3 cm³/mol. The minimum Gasteiger partial charge on any atom is -0.463 e. The van der Waals surface area contributed by atoms with Gasteiger partial charge in [0.15, 0.2) is 0 Å². The number of halogens is 1. The third-order valence-electron chi connectivity index (χ3n) is 1.60. The zero-order valence-electron chi connectivity index (χ0n) is 8.24. The van der Waals surface area contributed by atoms with Gasteiger partial charge < -0.3 is 10.5 Å². The molecule has 1 aromatic heterocycles. The fourth-order valence-electron chi connectivity index (χ4n) is 0.947. The molecule has 15 heavy (non-hydrogen) atoms. The molecule has 2 N–H and O–H groups in total. The second-order valence-electron chi connectivity index (χ2n) is 2.71. The van der Waals surface area contributed by atoms with Crippen molar-refractivity contribution in [2.45, 2.75) is 6.92 Å². The number of aromatic nitrogens is 1. The van der Waals surface area contributed by atoms with Crippen molar-refractivity contribution < 1.29 is 13.9 Å². The summed E-state index contributed by atoms with van der Waals surface area (Å²) in [6.07, 6.45) is 3.55. The number of anilines is 1. The number of nitrogen functional groups attached to an aromatic ring is 1. The Morgan fingerprint density at radius 2 is 2.47 bits per heavy atom. The summed E-state index contributed by atoms with van der Waals surface area (Å²) < 4.78 is 17.4. The maximum Gasteiger partial charge on any atom is 0.330 e. The van der Waals surface area contributed by atoms with Crippen LogP contribution in [0.3, 0.4) is 0 Å². The molecule has 0 aliphatic carbocycles. The van der Waals surface area contributed by atoms with Crippen LogP contribution in [0.2, 0.25) is 0 Å². The van der Waals surface area contributed by atoms with Crippen molar-refractivity contribution in [1.82, 2.24) is 4.98 Å². The summed E-state index contributed by atoms with van der Waals surface area (Å²) in [6.45, 7) is 1.99. The lowest BCUT2D eigenvalue weighted by atomic mass is 10.2. The van der Waals surface area contributed by atoms with Gasteiger partial charge in [0, 0.05) is 11.6 Å². The first kappa shape index (κ1) is 11.2. The van der Waals surface area contributed by atoms with Crippen LogP contribution >= 0.6 is 0 Å². The van der Waals surface area contributed by atoms with Crippen LogP contribution in [0.4, 0.5) is 10.2 Å². The molecule has 0 unspecified atom stereocenters. The van der Waals surface area contributed by atoms with E-state index in [1.165, 1.54) is 18.2 Å². The van der Waals surface area contributed by atoms with Gasteiger partial charge in [-0.25, -0.2) is 14.2 Å². The average molecular weight is 210 g/mol. The Morgan fingerprint density at radius 1 is 1.73 bits per heavy atom. The van der Waals surface area contributed by atoms with Crippen molar-refractivity contribution in [1.29, 1.82) is 0 Å². The summed E-state index contributed by atoms with van der Waals surface area (Å²) >= 11 is 0. The van der Waals surface area contributed by atoms with Crippen molar-refractivity contribution in [3.8, 4) is 0 Å². The van der Waals surface area contributed by atoms with Gasteiger partial charge in [-0.3, -0.25) is 0 Å². The molecule has 0 aliphatic heterocycles. The van der Waals surface area contributed by atoms with E-state index in [-0.39, 0.29) is 5.82 Å². The summed E-state index contributed by atoms with van der Waals surface area (Å²) in [4.78, 5) is 14.6. The third kappa shape index (κ3) is 3.38. The van der Waals surface area contributed by atoms with Crippen LogP contribution < -0.4 is 5.73 Å². The third-order valence-corrected chi connectivity index (χ3v) is 1.60. The van der Waals surface area contributed by atoms with E-state index in [0.29, 0.717) is 12.2 Å². The minimum absolute atomic E-state index is 0.164. The lowest BCUT2D eigenvalue weighted by Crippen LogP contribution is -1.99. The van der Waals surface area contributed by atoms with Crippen molar-refractivity contribution in [3.05, 3.63) is 29.7 Å². The summed E-state index contributed by atoms with van der Waals surface area (Å²) in [5.74, 6) is -0.842. The van der Waals surface area contributed by atoms with Crippen LogP contribution in [-0.2, 0) is 9.53 Å². The fraction of sp³-hybridized carbons (Fsp3) is 0.200. The van der Waals surface area contributed by atoms with E-state index < -0.39 is 11.8 Å². The maximum absolute atomic E-state index is 12.8. The summed E-state index contributed by atoms with van der Waals surface area (Å²) in [7, 11) is 0. The first-order valence-corrected chi connectivity index (χ1v) is 4.39. The molecule has 0 aliphatic rings. The Morgan fingerprint density at radius 3 is 3.13 bits per heavy atom. The Hall–Kier alpha value is -1.91. The SMILES string of the molecule is CCOC(=O)C=Cc1cc(F)cnc1N. The lowest BCUT2D eigenvalue weighted by molar-refractivity contribution is -0.137. The van der Waals surface area contributed by atoms with E-state index in [1.807, 2.05) is 0 Å². The molecule has 0 atom stereocenters. The number of nitrogens with two attached hydrogens (primary N) is 1. The largest absolute Gasteiger partial charge is 0.463 e. The van der Waals surface area contributed by atoms with Gasteiger partial charge in [0.1, 0.15) is 11.6 Å². The molecular weight excluding hydrogens is 199 g/mol. The van der Waals surface area contributed by atoms with E-state index in [9.17, 15) is 9.18 Å². The monoisotopic (exact) mass is 210 g/mol. The van der Waals surface area contributed by atoms with E-state index in [2.05, 4.69) is 9.72 Å². The smallest absolute Gasteiger partial charge is 0.330 e. The van der Waals surface area contributed by atoms with Gasteiger partial charge >= 0.3 is 5.97 Å². The number of pyridine rings is 1. The number of nitrogens with zero attached hydrogens (tertiary/aromatic N) is 1. The van der Waals surface area contributed by atoms with Gasteiger partial charge in [0.05, 0.1) is 12.8 Å². The Kier molecular flexibility index (Phi) is 3.79. The fourth-order valence-corrected chi connectivity index (χ4v) is 0.947. The zero-order chi connectivity index (χ0) is 11.3. The molecule has 0 aromatic carbocycles. The molecule has 80 valence electrons. The van der Waals surface area contributed by atoms with Crippen LogP contribution in [0.15, 0.2) is 18.3 Å². The van der Waals surface area contributed by atoms with Crippen LogP contribution in [0.5, 0.6) is 0 Å². The molecule has 0 amide bonds. The summed E-state index contributed by atoms with van der Waals surface area (Å²) in [6, 6.07) is 1.19. The van der Waals surface area contributed by atoms with Crippen LogP contribution in [0, 0.1) is 5.82 Å². The van der Waals surface area contributed by atoms with Gasteiger partial charge in [-0.1, -0.05) is 0 Å². The molecule has 1 heterocycles. The lowest BCUT2D eigenvalue weighted by Gasteiger charge is -1.99. The minimum atomic E-state index is -0.507. The predicted octanol–water partition coefficient (Wildman–Crippen LogP) is 1.38. The van der Waals surface area contributed by atoms with Crippen LogP contribution in [-0.4, -0.2) is 17.6 Å². The van der Waals surface area contributed by atoms with Crippen molar-refractivity contribution in [2.75, 3.05) is 12.3 Å². The standard InChI is InChI=1S/C10H11FN2O2/c1-2-15-9(14)4-3-7-5-8(11)6-13-10(7)12/h3-6H,2H2,1H3,(H2,12,13). The van der Waals surface area contributed by atoms with E-state index >= 15 is 0 Å². The number of rotatable bonds is 3. The molecule has 0 saturated heterocycles. The zero-order valence-corrected chi connectivity index (χ0v) is 8.24. The van der Waals surface area contributed by atoms with Gasteiger partial charge in [0.25, 0.3) is 0 Å². The topological polar surface area (TPSA) is 65.2 Å². The second kappa shape index (κ2) is 5.09. The van der Waals surface area contributed by atoms with Gasteiger partial charge in [-0.15, -0.1) is 0 Å². The quantitative estimate of drug-likeness (QED) is 0.604. The molecular formula is C10H11FN2O2. The molecule has 1 rings (SSSR count). The summed E-state index contributed by atoms with van der Waals surface area (Å²) in [5, 5.41) is 0. The molecule has 0 fully saturated rings. The molecule has 0 saturated carbocycles. The second-order valence-corrected chi connectivity index (χ2v) is 2.71. The highest BCUT2D eigenvalue weighted by Gasteiger charge is 2.00. The highest BCUT2D eigenvalue weighted by atomic mass is 19.1. The summed E-state index contributed by atoms with van der Waals surface area (Å²) in [5.41, 5.74) is 5.82. The molecule has 4 nitrogen and oxygen atoms in total. The van der Waals surface area contributed by atoms with Crippen molar-refractivity contribution >= 4 is 17.9 Å². The molecule has 0 spiro atoms. The number of carbonyl (C=O) groups excluding carboxylic acids is 1. The average Bonchev–Trinajstić information content (AvgIpc) is 2.20. The first-order chi connectivity index (χ1) is 7.13. The van der Waals surface area contributed by atoms with Crippen molar-refractivity contribution in [3.63, 3.8) is 0 Å². The van der Waals surface area contributed by atoms with E-state index in [0.717, 1.165) is 6.20 Å². The Labute approximate surface area is 86.6 Å². The molecule has 5 heteroatoms. The van der Waals surface area contributed by atoms with Crippen LogP contribution in [0.1, 0.15) is 12.5 Å². The number of esters is 1. The Balaban J connectivity index is 2.79. The number of carbonyl (C=O) groups is 1. The van der Waals surface area contributed by atoms with Gasteiger partial charge in [-0.05, 0) is 19.1 Å².